The molecule has 1 saturated heterocycles. The van der Waals surface area contributed by atoms with Gasteiger partial charge in [0.05, 0.1) is 32.5 Å². The summed E-state index contributed by atoms with van der Waals surface area (Å²) < 4.78 is 15.7. The fourth-order valence-electron chi connectivity index (χ4n) is 3.18. The molecule has 0 spiro atoms. The molecule has 25 heavy (non-hydrogen) atoms. The Balaban J connectivity index is 1.68. The molecule has 0 radical (unpaired) electrons. The van der Waals surface area contributed by atoms with Gasteiger partial charge in [-0.15, -0.1) is 0 Å². The van der Waals surface area contributed by atoms with Crippen LogP contribution in [0.25, 0.3) is 0 Å². The number of carbonyl (C=O) groups excluding carboxylic acids is 1. The maximum absolute atomic E-state index is 12.5. The van der Waals surface area contributed by atoms with Gasteiger partial charge in [0.1, 0.15) is 23.0 Å². The standard InChI is InChI=1S/C18H23N3O4/c1-12-9-14(20-25-12)16-5-4-8-21(16)11-18(22)19-15-10-13(23-2)6-7-17(15)24-3/h6-7,9-10,16H,4-5,8,11H2,1-3H3,(H,19,22)/t16-/m1/s1. The topological polar surface area (TPSA) is 76.8 Å². The van der Waals surface area contributed by atoms with E-state index in [4.69, 9.17) is 14.0 Å². The van der Waals surface area contributed by atoms with Gasteiger partial charge in [-0.1, -0.05) is 5.16 Å². The minimum atomic E-state index is -0.0985. The Labute approximate surface area is 146 Å². The first-order valence-electron chi connectivity index (χ1n) is 8.30. The fourth-order valence-corrected chi connectivity index (χ4v) is 3.18. The van der Waals surface area contributed by atoms with Crippen LogP contribution in [0, 0.1) is 6.92 Å². The normalized spacial score (nSPS) is 17.5. The average molecular weight is 345 g/mol. The number of likely N-dealkylation sites (tertiary alicyclic amines) is 1. The molecule has 1 aliphatic rings. The zero-order valence-electron chi connectivity index (χ0n) is 14.7. The van der Waals surface area contributed by atoms with E-state index in [0.29, 0.717) is 17.2 Å². The highest BCUT2D eigenvalue weighted by Crippen LogP contribution is 2.32. The van der Waals surface area contributed by atoms with Crippen molar-refractivity contribution in [1.29, 1.82) is 0 Å². The number of aryl methyl sites for hydroxylation is 1. The van der Waals surface area contributed by atoms with Crippen LogP contribution in [-0.2, 0) is 4.79 Å². The molecule has 0 saturated carbocycles. The molecular formula is C18H23N3O4. The molecule has 1 N–H and O–H groups in total. The third-order valence-electron chi connectivity index (χ3n) is 4.38. The van der Waals surface area contributed by atoms with Crippen molar-refractivity contribution in [3.63, 3.8) is 0 Å². The van der Waals surface area contributed by atoms with E-state index in [-0.39, 0.29) is 18.5 Å². The van der Waals surface area contributed by atoms with E-state index < -0.39 is 0 Å². The number of hydrogen-bond donors (Lipinski definition) is 1. The molecule has 1 fully saturated rings. The van der Waals surface area contributed by atoms with Gasteiger partial charge in [0, 0.05) is 12.1 Å². The van der Waals surface area contributed by atoms with Crippen molar-refractivity contribution in [2.75, 3.05) is 32.6 Å². The van der Waals surface area contributed by atoms with Crippen molar-refractivity contribution in [1.82, 2.24) is 10.1 Å². The van der Waals surface area contributed by atoms with Crippen LogP contribution >= 0.6 is 0 Å². The monoisotopic (exact) mass is 345 g/mol. The number of hydrogen-bond acceptors (Lipinski definition) is 6. The number of amides is 1. The molecule has 7 heteroatoms. The van der Waals surface area contributed by atoms with E-state index in [1.54, 1.807) is 32.4 Å². The van der Waals surface area contributed by atoms with E-state index in [1.807, 2.05) is 13.0 Å². The van der Waals surface area contributed by atoms with Crippen LogP contribution in [0.4, 0.5) is 5.69 Å². The SMILES string of the molecule is COc1ccc(OC)c(NC(=O)CN2CCC[C@@H]2c2cc(C)on2)c1. The highest BCUT2D eigenvalue weighted by Gasteiger charge is 2.30. The van der Waals surface area contributed by atoms with Crippen LogP contribution in [0.5, 0.6) is 11.5 Å². The highest BCUT2D eigenvalue weighted by molar-refractivity contribution is 5.94. The van der Waals surface area contributed by atoms with Crippen molar-refractivity contribution in [2.24, 2.45) is 0 Å². The lowest BCUT2D eigenvalue weighted by atomic mass is 10.1. The zero-order chi connectivity index (χ0) is 17.8. The minimum absolute atomic E-state index is 0.0985. The van der Waals surface area contributed by atoms with Gasteiger partial charge < -0.3 is 19.3 Å². The first-order chi connectivity index (χ1) is 12.1. The summed E-state index contributed by atoms with van der Waals surface area (Å²) in [6.45, 7) is 3.02. The lowest BCUT2D eigenvalue weighted by molar-refractivity contribution is -0.117. The van der Waals surface area contributed by atoms with Gasteiger partial charge in [-0.3, -0.25) is 9.69 Å². The lowest BCUT2D eigenvalue weighted by Gasteiger charge is -2.22. The third-order valence-corrected chi connectivity index (χ3v) is 4.38. The van der Waals surface area contributed by atoms with Crippen LogP contribution in [0.3, 0.4) is 0 Å². The summed E-state index contributed by atoms with van der Waals surface area (Å²) in [7, 11) is 3.16. The van der Waals surface area contributed by atoms with Gasteiger partial charge in [-0.2, -0.15) is 0 Å². The smallest absolute Gasteiger partial charge is 0.238 e. The number of anilines is 1. The van der Waals surface area contributed by atoms with Gasteiger partial charge in [-0.25, -0.2) is 0 Å². The highest BCUT2D eigenvalue weighted by atomic mass is 16.5. The quantitative estimate of drug-likeness (QED) is 0.867. The van der Waals surface area contributed by atoms with Crippen molar-refractivity contribution in [2.45, 2.75) is 25.8 Å². The summed E-state index contributed by atoms with van der Waals surface area (Å²) in [5.74, 6) is 1.94. The van der Waals surface area contributed by atoms with Crippen LogP contribution < -0.4 is 14.8 Å². The molecule has 0 aliphatic carbocycles. The molecule has 0 bridgehead atoms. The molecule has 2 aromatic rings. The van der Waals surface area contributed by atoms with Crippen LogP contribution in [-0.4, -0.2) is 43.3 Å². The summed E-state index contributed by atoms with van der Waals surface area (Å²) >= 11 is 0. The number of methoxy groups -OCH3 is 2. The molecule has 0 unspecified atom stereocenters. The molecule has 1 aromatic carbocycles. The Kier molecular flexibility index (Phi) is 5.23. The predicted octanol–water partition coefficient (Wildman–Crippen LogP) is 2.78. The van der Waals surface area contributed by atoms with Crippen molar-refractivity contribution >= 4 is 11.6 Å². The first-order valence-corrected chi connectivity index (χ1v) is 8.30. The number of benzene rings is 1. The second kappa shape index (κ2) is 7.57. The Morgan fingerprint density at radius 2 is 2.20 bits per heavy atom. The van der Waals surface area contributed by atoms with Crippen molar-refractivity contribution < 1.29 is 18.8 Å². The molecule has 1 amide bonds. The molecule has 2 heterocycles. The number of aromatic nitrogens is 1. The maximum Gasteiger partial charge on any atom is 0.238 e. The predicted molar refractivity (Wildman–Crippen MR) is 93.0 cm³/mol. The summed E-state index contributed by atoms with van der Waals surface area (Å²) in [5, 5.41) is 7.02. The molecule has 134 valence electrons. The van der Waals surface area contributed by atoms with Gasteiger partial charge in [0.25, 0.3) is 0 Å². The van der Waals surface area contributed by atoms with E-state index in [0.717, 1.165) is 30.8 Å². The molecule has 3 rings (SSSR count). The second-order valence-corrected chi connectivity index (χ2v) is 6.11. The first kappa shape index (κ1) is 17.3. The average Bonchev–Trinajstić information content (AvgIpc) is 3.23. The summed E-state index contributed by atoms with van der Waals surface area (Å²) in [5.41, 5.74) is 1.49. The van der Waals surface area contributed by atoms with E-state index in [9.17, 15) is 4.79 Å². The molecule has 1 atom stereocenters. The zero-order valence-corrected chi connectivity index (χ0v) is 14.7. The lowest BCUT2D eigenvalue weighted by Crippen LogP contribution is -2.33. The molecule has 1 aliphatic heterocycles. The number of carbonyl (C=O) groups is 1. The van der Waals surface area contributed by atoms with Crippen molar-refractivity contribution in [3.05, 3.63) is 35.7 Å². The Morgan fingerprint density at radius 3 is 2.88 bits per heavy atom. The summed E-state index contributed by atoms with van der Waals surface area (Å²) in [4.78, 5) is 14.6. The number of nitrogens with one attached hydrogen (secondary N) is 1. The second-order valence-electron chi connectivity index (χ2n) is 6.11. The number of ether oxygens (including phenoxy) is 2. The Bertz CT molecular complexity index is 744. The van der Waals surface area contributed by atoms with E-state index >= 15 is 0 Å². The third kappa shape index (κ3) is 3.93. The Hall–Kier alpha value is -2.54. The van der Waals surface area contributed by atoms with Gasteiger partial charge in [0.2, 0.25) is 5.91 Å². The maximum atomic E-state index is 12.5. The van der Waals surface area contributed by atoms with Crippen molar-refractivity contribution in [3.8, 4) is 11.5 Å². The minimum Gasteiger partial charge on any atom is -0.497 e. The largest absolute Gasteiger partial charge is 0.497 e. The van der Waals surface area contributed by atoms with E-state index in [1.165, 1.54) is 0 Å². The Morgan fingerprint density at radius 1 is 1.36 bits per heavy atom. The van der Waals surface area contributed by atoms with E-state index in [2.05, 4.69) is 15.4 Å². The van der Waals surface area contributed by atoms with Gasteiger partial charge in [-0.05, 0) is 38.4 Å². The van der Waals surface area contributed by atoms with Gasteiger partial charge in [0.15, 0.2) is 0 Å². The molecular weight excluding hydrogens is 322 g/mol. The number of rotatable bonds is 6. The molecule has 1 aromatic heterocycles. The number of nitrogens with zero attached hydrogens (tertiary/aromatic N) is 2. The van der Waals surface area contributed by atoms with Crippen LogP contribution in [0.2, 0.25) is 0 Å². The summed E-state index contributed by atoms with van der Waals surface area (Å²) in [6.07, 6.45) is 2.01. The van der Waals surface area contributed by atoms with Crippen LogP contribution in [0.15, 0.2) is 28.8 Å². The van der Waals surface area contributed by atoms with Crippen LogP contribution in [0.1, 0.15) is 30.3 Å². The summed E-state index contributed by atoms with van der Waals surface area (Å²) in [6, 6.07) is 7.37. The van der Waals surface area contributed by atoms with Gasteiger partial charge >= 0.3 is 0 Å². The molecule has 7 nitrogen and oxygen atoms in total. The fraction of sp³-hybridized carbons (Fsp3) is 0.444.